The van der Waals surface area contributed by atoms with Crippen LogP contribution in [0, 0.1) is 0 Å². The zero-order chi connectivity index (χ0) is 21.8. The largest absolute Gasteiger partial charge is 0.573 e. The van der Waals surface area contributed by atoms with Crippen LogP contribution >= 0.6 is 0 Å². The van der Waals surface area contributed by atoms with Crippen molar-refractivity contribution in [2.45, 2.75) is 24.8 Å². The third-order valence-electron chi connectivity index (χ3n) is 5.52. The van der Waals surface area contributed by atoms with Gasteiger partial charge < -0.3 is 20.1 Å². The van der Waals surface area contributed by atoms with Gasteiger partial charge in [0.05, 0.1) is 22.5 Å². The Morgan fingerprint density at radius 2 is 1.90 bits per heavy atom. The van der Waals surface area contributed by atoms with E-state index >= 15 is 0 Å². The number of carbonyl (C=O) groups excluding carboxylic acids is 1. The van der Waals surface area contributed by atoms with E-state index < -0.39 is 12.5 Å². The van der Waals surface area contributed by atoms with Crippen LogP contribution in [0.1, 0.15) is 18.0 Å². The lowest BCUT2D eigenvalue weighted by molar-refractivity contribution is -0.274. The molecule has 11 heteroatoms. The molecule has 8 nitrogen and oxygen atoms in total. The van der Waals surface area contributed by atoms with Crippen molar-refractivity contribution in [1.29, 1.82) is 0 Å². The molecule has 1 aromatic carbocycles. The van der Waals surface area contributed by atoms with Gasteiger partial charge in [-0.2, -0.15) is 5.10 Å². The lowest BCUT2D eigenvalue weighted by Gasteiger charge is -2.26. The van der Waals surface area contributed by atoms with Crippen LogP contribution in [0.3, 0.4) is 0 Å². The van der Waals surface area contributed by atoms with Crippen LogP contribution in [-0.2, 0) is 4.79 Å². The van der Waals surface area contributed by atoms with Crippen molar-refractivity contribution in [2.75, 3.05) is 24.5 Å². The molecule has 0 aliphatic carbocycles. The molecule has 3 aromatic rings. The average Bonchev–Trinajstić information content (AvgIpc) is 3.21. The van der Waals surface area contributed by atoms with Crippen molar-refractivity contribution in [3.8, 4) is 11.4 Å². The van der Waals surface area contributed by atoms with Gasteiger partial charge in [-0.15, -0.1) is 13.2 Å². The predicted molar refractivity (Wildman–Crippen MR) is 104 cm³/mol. The summed E-state index contributed by atoms with van der Waals surface area (Å²) >= 11 is 0. The van der Waals surface area contributed by atoms with Gasteiger partial charge in [-0.25, -0.2) is 9.67 Å². The maximum atomic E-state index is 12.5. The summed E-state index contributed by atoms with van der Waals surface area (Å²) in [7, 11) is 0. The van der Waals surface area contributed by atoms with E-state index in [0.717, 1.165) is 18.8 Å². The van der Waals surface area contributed by atoms with Gasteiger partial charge >= 0.3 is 6.36 Å². The number of aliphatic hydroxyl groups excluding tert-OH is 1. The van der Waals surface area contributed by atoms with E-state index in [0.29, 0.717) is 35.4 Å². The minimum absolute atomic E-state index is 0.113. The van der Waals surface area contributed by atoms with Gasteiger partial charge in [0.1, 0.15) is 11.9 Å². The van der Waals surface area contributed by atoms with Crippen LogP contribution in [0.25, 0.3) is 16.7 Å². The molecule has 0 saturated carbocycles. The van der Waals surface area contributed by atoms with Gasteiger partial charge in [0.25, 0.3) is 5.91 Å². The highest BCUT2D eigenvalue weighted by molar-refractivity contribution is 6.06. The summed E-state index contributed by atoms with van der Waals surface area (Å²) in [6.45, 7) is 1.82. The highest BCUT2D eigenvalue weighted by Gasteiger charge is 2.35. The second-order valence-corrected chi connectivity index (χ2v) is 7.52. The molecular weight excluding hydrogens is 415 g/mol. The smallest absolute Gasteiger partial charge is 0.406 e. The fourth-order valence-corrected chi connectivity index (χ4v) is 3.92. The number of hydrogen-bond acceptors (Lipinski definition) is 6. The van der Waals surface area contributed by atoms with Crippen molar-refractivity contribution in [2.24, 2.45) is 0 Å². The molecule has 1 atom stereocenters. The summed E-state index contributed by atoms with van der Waals surface area (Å²) in [5.74, 6) is -0.588. The molecule has 2 fully saturated rings. The van der Waals surface area contributed by atoms with Gasteiger partial charge in [0.15, 0.2) is 5.65 Å². The van der Waals surface area contributed by atoms with Crippen molar-refractivity contribution < 1.29 is 27.8 Å². The summed E-state index contributed by atoms with van der Waals surface area (Å²) in [5.41, 5.74) is 2.37. The van der Waals surface area contributed by atoms with Gasteiger partial charge in [-0.05, 0) is 30.3 Å². The van der Waals surface area contributed by atoms with E-state index in [2.05, 4.69) is 15.0 Å². The Bertz CT molecular complexity index is 1140. The molecule has 2 saturated heterocycles. The fraction of sp³-hybridized carbons (Fsp3) is 0.350. The Kier molecular flexibility index (Phi) is 4.59. The molecule has 31 heavy (non-hydrogen) atoms. The van der Waals surface area contributed by atoms with Crippen LogP contribution in [0.4, 0.5) is 18.9 Å². The van der Waals surface area contributed by atoms with E-state index in [-0.39, 0.29) is 17.6 Å². The molecule has 0 unspecified atom stereocenters. The number of anilines is 1. The Morgan fingerprint density at radius 1 is 1.16 bits per heavy atom. The van der Waals surface area contributed by atoms with Gasteiger partial charge in [-0.1, -0.05) is 0 Å². The molecule has 162 valence electrons. The summed E-state index contributed by atoms with van der Waals surface area (Å²) in [5, 5.41) is 18.5. The minimum atomic E-state index is -4.77. The SMILES string of the molecule is O=C1[C@H](O)CCN1c1ccnc2c1c(C1CNC1)nn2-c1ccc(OC(F)(F)F)cc1. The Balaban J connectivity index is 1.61. The zero-order valence-corrected chi connectivity index (χ0v) is 16.1. The normalized spacial score (nSPS) is 19.8. The number of aliphatic hydroxyl groups is 1. The van der Waals surface area contributed by atoms with E-state index in [1.165, 1.54) is 29.2 Å². The molecule has 2 N–H and O–H groups in total. The highest BCUT2D eigenvalue weighted by Crippen LogP contribution is 2.37. The van der Waals surface area contributed by atoms with Crippen LogP contribution in [0.5, 0.6) is 5.75 Å². The van der Waals surface area contributed by atoms with Crippen molar-refractivity contribution >= 4 is 22.6 Å². The molecule has 2 aliphatic rings. The number of alkyl halides is 3. The average molecular weight is 433 g/mol. The molecule has 0 radical (unpaired) electrons. The number of fused-ring (bicyclic) bond motifs is 1. The number of ether oxygens (including phenoxy) is 1. The number of halogens is 3. The summed E-state index contributed by atoms with van der Waals surface area (Å²) in [6.07, 6.45) is -3.91. The zero-order valence-electron chi connectivity index (χ0n) is 16.1. The minimum Gasteiger partial charge on any atom is -0.406 e. The van der Waals surface area contributed by atoms with Gasteiger partial charge in [0, 0.05) is 38.2 Å². The molecular formula is C20H18F3N5O3. The first-order valence-electron chi connectivity index (χ1n) is 9.76. The maximum Gasteiger partial charge on any atom is 0.573 e. The van der Waals surface area contributed by atoms with Gasteiger partial charge in [0.2, 0.25) is 0 Å². The molecule has 2 aliphatic heterocycles. The Hall–Kier alpha value is -3.18. The first-order chi connectivity index (χ1) is 14.8. The van der Waals surface area contributed by atoms with Crippen LogP contribution in [0.2, 0.25) is 0 Å². The molecule has 4 heterocycles. The summed E-state index contributed by atoms with van der Waals surface area (Å²) in [6, 6.07) is 7.08. The topological polar surface area (TPSA) is 92.5 Å². The van der Waals surface area contributed by atoms with E-state index in [1.807, 2.05) is 0 Å². The number of rotatable bonds is 4. The number of aromatic nitrogens is 3. The van der Waals surface area contributed by atoms with Crippen molar-refractivity contribution in [1.82, 2.24) is 20.1 Å². The standard InChI is InChI=1S/C20H18F3N5O3/c21-20(22,23)31-13-3-1-12(2-4-13)28-18-16(17(26-28)11-9-24-10-11)14(5-7-25-18)27-8-6-15(29)19(27)30/h1-5,7,11,15,24,29H,6,8-10H2/t15-/m1/s1. The van der Waals surface area contributed by atoms with Crippen molar-refractivity contribution in [3.05, 3.63) is 42.2 Å². The first kappa shape index (κ1) is 19.8. The van der Waals surface area contributed by atoms with Crippen LogP contribution in [0.15, 0.2) is 36.5 Å². The molecule has 5 rings (SSSR count). The van der Waals surface area contributed by atoms with Crippen LogP contribution in [-0.4, -0.2) is 57.9 Å². The van der Waals surface area contributed by atoms with Crippen LogP contribution < -0.4 is 15.0 Å². The fourth-order valence-electron chi connectivity index (χ4n) is 3.92. The second kappa shape index (κ2) is 7.20. The summed E-state index contributed by atoms with van der Waals surface area (Å²) in [4.78, 5) is 18.4. The van der Waals surface area contributed by atoms with E-state index in [1.54, 1.807) is 16.9 Å². The third-order valence-corrected chi connectivity index (χ3v) is 5.52. The number of nitrogens with one attached hydrogen (secondary N) is 1. The number of amides is 1. The number of pyridine rings is 1. The number of benzene rings is 1. The lowest BCUT2D eigenvalue weighted by Crippen LogP contribution is -2.40. The molecule has 0 spiro atoms. The quantitative estimate of drug-likeness (QED) is 0.655. The second-order valence-electron chi connectivity index (χ2n) is 7.52. The number of nitrogens with zero attached hydrogens (tertiary/aromatic N) is 4. The Morgan fingerprint density at radius 3 is 2.48 bits per heavy atom. The Labute approximate surface area is 174 Å². The summed E-state index contributed by atoms with van der Waals surface area (Å²) < 4.78 is 42.9. The van der Waals surface area contributed by atoms with E-state index in [9.17, 15) is 23.1 Å². The van der Waals surface area contributed by atoms with Crippen molar-refractivity contribution in [3.63, 3.8) is 0 Å². The van der Waals surface area contributed by atoms with Gasteiger partial charge in [-0.3, -0.25) is 4.79 Å². The maximum absolute atomic E-state index is 12.5. The number of hydrogen-bond donors (Lipinski definition) is 2. The predicted octanol–water partition coefficient (Wildman–Crippen LogP) is 2.10. The third kappa shape index (κ3) is 3.49. The molecule has 0 bridgehead atoms. The van der Waals surface area contributed by atoms with E-state index in [4.69, 9.17) is 5.10 Å². The first-order valence-corrected chi connectivity index (χ1v) is 9.76. The number of carbonyl (C=O) groups is 1. The highest BCUT2D eigenvalue weighted by atomic mass is 19.4. The monoisotopic (exact) mass is 433 g/mol. The molecule has 1 amide bonds. The lowest BCUT2D eigenvalue weighted by atomic mass is 9.96. The molecule has 2 aromatic heterocycles.